The van der Waals surface area contributed by atoms with Crippen molar-refractivity contribution in [3.63, 3.8) is 0 Å². The van der Waals surface area contributed by atoms with Crippen LogP contribution in [0.3, 0.4) is 0 Å². The predicted octanol–water partition coefficient (Wildman–Crippen LogP) is 5.00. The molecule has 1 fully saturated rings. The molecule has 1 aromatic carbocycles. The second-order valence-corrected chi connectivity index (χ2v) is 7.17. The molecule has 18 heavy (non-hydrogen) atoms. The van der Waals surface area contributed by atoms with Crippen LogP contribution in [0, 0.1) is 5.92 Å². The van der Waals surface area contributed by atoms with Crippen molar-refractivity contribution in [2.24, 2.45) is 5.92 Å². The van der Waals surface area contributed by atoms with Gasteiger partial charge in [0.15, 0.2) is 0 Å². The molecule has 2 aromatic rings. The van der Waals surface area contributed by atoms with Gasteiger partial charge < -0.3 is 5.11 Å². The van der Waals surface area contributed by atoms with Crippen LogP contribution >= 0.6 is 38.9 Å². The molecule has 1 aromatic heterocycles. The zero-order valence-corrected chi connectivity index (χ0v) is 12.7. The third-order valence-corrected chi connectivity index (χ3v) is 5.97. The molecule has 0 bridgehead atoms. The molecule has 4 heteroatoms. The van der Waals surface area contributed by atoms with E-state index in [1.54, 1.807) is 0 Å². The number of benzene rings is 1. The van der Waals surface area contributed by atoms with Crippen LogP contribution in [0.5, 0.6) is 0 Å². The Hall–Kier alpha value is -0.350. The number of hydrogen-bond donors (Lipinski definition) is 1. The number of aliphatic hydroxyl groups excluding tert-OH is 1. The Kier molecular flexibility index (Phi) is 3.50. The fourth-order valence-electron chi connectivity index (χ4n) is 2.37. The lowest BCUT2D eigenvalue weighted by Gasteiger charge is -2.07. The van der Waals surface area contributed by atoms with E-state index in [-0.39, 0.29) is 0 Å². The van der Waals surface area contributed by atoms with Crippen LogP contribution in [-0.4, -0.2) is 5.11 Å². The molecule has 3 unspecified atom stereocenters. The summed E-state index contributed by atoms with van der Waals surface area (Å²) in [4.78, 5) is 0.954. The first kappa shape index (κ1) is 12.7. The molecule has 0 amide bonds. The minimum absolute atomic E-state index is 0.328. The van der Waals surface area contributed by atoms with Crippen LogP contribution in [0.4, 0.5) is 0 Å². The Labute approximate surface area is 124 Å². The van der Waals surface area contributed by atoms with Crippen LogP contribution in [-0.2, 0) is 0 Å². The molecule has 1 saturated carbocycles. The molecular weight excluding hydrogens is 332 g/mol. The first-order valence-corrected chi connectivity index (χ1v) is 7.83. The molecule has 0 aliphatic heterocycles. The van der Waals surface area contributed by atoms with Gasteiger partial charge in [-0.1, -0.05) is 41.9 Å². The van der Waals surface area contributed by atoms with Gasteiger partial charge in [0.05, 0.1) is 6.10 Å². The second kappa shape index (κ2) is 4.97. The first-order chi connectivity index (χ1) is 8.66. The zero-order valence-electron chi connectivity index (χ0n) is 9.51. The van der Waals surface area contributed by atoms with Crippen LogP contribution in [0.25, 0.3) is 0 Å². The Morgan fingerprint density at radius 2 is 2.06 bits per heavy atom. The predicted molar refractivity (Wildman–Crippen MR) is 79.3 cm³/mol. The van der Waals surface area contributed by atoms with Crippen molar-refractivity contribution in [3.05, 3.63) is 55.6 Å². The van der Waals surface area contributed by atoms with Crippen molar-refractivity contribution in [3.8, 4) is 0 Å². The van der Waals surface area contributed by atoms with Crippen LogP contribution in [0.15, 0.2) is 40.9 Å². The number of aliphatic hydroxyl groups is 1. The third-order valence-electron chi connectivity index (χ3n) is 3.43. The summed E-state index contributed by atoms with van der Waals surface area (Å²) in [5, 5.41) is 10.4. The highest BCUT2D eigenvalue weighted by atomic mass is 79.9. The van der Waals surface area contributed by atoms with Crippen LogP contribution in [0.1, 0.15) is 28.9 Å². The van der Waals surface area contributed by atoms with Crippen molar-refractivity contribution < 1.29 is 5.11 Å². The van der Waals surface area contributed by atoms with Gasteiger partial charge in [0.2, 0.25) is 0 Å². The maximum atomic E-state index is 10.4. The Morgan fingerprint density at radius 1 is 1.33 bits per heavy atom. The largest absolute Gasteiger partial charge is 0.387 e. The van der Waals surface area contributed by atoms with E-state index in [1.807, 2.05) is 12.1 Å². The van der Waals surface area contributed by atoms with E-state index in [9.17, 15) is 5.11 Å². The minimum Gasteiger partial charge on any atom is -0.387 e. The minimum atomic E-state index is -0.399. The van der Waals surface area contributed by atoms with Gasteiger partial charge in [0.25, 0.3) is 0 Å². The molecule has 94 valence electrons. The summed E-state index contributed by atoms with van der Waals surface area (Å²) in [6.07, 6.45) is 0.655. The van der Waals surface area contributed by atoms with E-state index in [0.717, 1.165) is 15.8 Å². The average Bonchev–Trinajstić information content (AvgIpc) is 3.11. The van der Waals surface area contributed by atoms with E-state index >= 15 is 0 Å². The molecule has 0 spiro atoms. The monoisotopic (exact) mass is 342 g/mol. The van der Waals surface area contributed by atoms with E-state index in [1.165, 1.54) is 16.9 Å². The smallest absolute Gasteiger partial charge is 0.107 e. The summed E-state index contributed by atoms with van der Waals surface area (Å²) in [6.45, 7) is 0. The van der Waals surface area contributed by atoms with Crippen molar-refractivity contribution in [1.82, 2.24) is 0 Å². The summed E-state index contributed by atoms with van der Waals surface area (Å²) in [7, 11) is 0. The summed E-state index contributed by atoms with van der Waals surface area (Å²) in [5.41, 5.74) is 1.32. The average molecular weight is 344 g/mol. The normalized spacial score (nSPS) is 23.9. The number of thiophene rings is 1. The molecular formula is C14H12BrClOS. The van der Waals surface area contributed by atoms with E-state index in [4.69, 9.17) is 11.6 Å². The Morgan fingerprint density at radius 3 is 2.67 bits per heavy atom. The van der Waals surface area contributed by atoms with Crippen molar-refractivity contribution >= 4 is 38.9 Å². The number of hydrogen-bond acceptors (Lipinski definition) is 2. The maximum Gasteiger partial charge on any atom is 0.107 e. The summed E-state index contributed by atoms with van der Waals surface area (Å²) in [6, 6.07) is 12.3. The quantitative estimate of drug-likeness (QED) is 0.831. The molecule has 0 saturated heterocycles. The summed E-state index contributed by atoms with van der Waals surface area (Å²) < 4.78 is 1.58. The van der Waals surface area contributed by atoms with Gasteiger partial charge in [0.1, 0.15) is 4.34 Å². The summed E-state index contributed by atoms with van der Waals surface area (Å²) >= 11 is 10.9. The lowest BCUT2D eigenvalue weighted by molar-refractivity contribution is 0.155. The van der Waals surface area contributed by atoms with Crippen molar-refractivity contribution in [2.75, 3.05) is 0 Å². The van der Waals surface area contributed by atoms with Crippen molar-refractivity contribution in [2.45, 2.75) is 18.4 Å². The van der Waals surface area contributed by atoms with Crippen LogP contribution < -0.4 is 0 Å². The fraction of sp³-hybridized carbons (Fsp3) is 0.286. The van der Waals surface area contributed by atoms with Gasteiger partial charge in [-0.25, -0.2) is 0 Å². The highest BCUT2D eigenvalue weighted by Gasteiger charge is 2.44. The van der Waals surface area contributed by atoms with Gasteiger partial charge in [-0.15, -0.1) is 11.3 Å². The molecule has 3 atom stereocenters. The van der Waals surface area contributed by atoms with Gasteiger partial charge in [0, 0.05) is 9.35 Å². The molecule has 3 rings (SSSR count). The number of rotatable bonds is 3. The lowest BCUT2D eigenvalue weighted by Crippen LogP contribution is -1.98. The van der Waals surface area contributed by atoms with E-state index < -0.39 is 6.10 Å². The Bertz CT molecular complexity index is 535. The van der Waals surface area contributed by atoms with Gasteiger partial charge in [-0.3, -0.25) is 0 Å². The SMILES string of the molecule is OC(c1cc(Br)c(Cl)s1)C1CC1c1ccccc1. The molecule has 0 radical (unpaired) electrons. The van der Waals surface area contributed by atoms with Crippen molar-refractivity contribution in [1.29, 1.82) is 0 Å². The van der Waals surface area contributed by atoms with Gasteiger partial charge in [-0.05, 0) is 45.8 Å². The van der Waals surface area contributed by atoms with Crippen LogP contribution in [0.2, 0.25) is 4.34 Å². The first-order valence-electron chi connectivity index (χ1n) is 5.84. The zero-order chi connectivity index (χ0) is 12.7. The highest BCUT2D eigenvalue weighted by molar-refractivity contribution is 9.10. The van der Waals surface area contributed by atoms with Gasteiger partial charge >= 0.3 is 0 Å². The molecule has 1 N–H and O–H groups in total. The standard InChI is InChI=1S/C14H12BrClOS/c15-11-7-12(18-14(11)16)13(17)10-6-9(10)8-4-2-1-3-5-8/h1-5,7,9-10,13,17H,6H2. The third kappa shape index (κ3) is 2.37. The lowest BCUT2D eigenvalue weighted by atomic mass is 10.1. The molecule has 1 nitrogen and oxygen atoms in total. The topological polar surface area (TPSA) is 20.2 Å². The van der Waals surface area contributed by atoms with Gasteiger partial charge in [-0.2, -0.15) is 0 Å². The Balaban J connectivity index is 1.75. The molecule has 1 aliphatic rings. The second-order valence-electron chi connectivity index (χ2n) is 4.63. The maximum absolute atomic E-state index is 10.4. The fourth-order valence-corrected chi connectivity index (χ4v) is 4.17. The molecule has 1 heterocycles. The summed E-state index contributed by atoms with van der Waals surface area (Å²) in [5.74, 6) is 0.815. The number of halogens is 2. The van der Waals surface area contributed by atoms with E-state index in [2.05, 4.69) is 40.2 Å². The van der Waals surface area contributed by atoms with E-state index in [0.29, 0.717) is 16.2 Å². The molecule has 1 aliphatic carbocycles. The highest BCUT2D eigenvalue weighted by Crippen LogP contribution is 2.55.